The van der Waals surface area contributed by atoms with Crippen LogP contribution in [0.5, 0.6) is 0 Å². The van der Waals surface area contributed by atoms with Gasteiger partial charge in [-0.05, 0) is 12.8 Å². The van der Waals surface area contributed by atoms with Crippen molar-refractivity contribution in [2.24, 2.45) is 0 Å². The minimum absolute atomic E-state index is 0.104. The number of β-amino-alcohol motifs (C(OH)–C–C–N with tert-alkyl or cyclic N) is 1. The molecule has 0 aromatic rings. The standard InChI is InChI=1S/C12H20N2O3/c15-9-8-14-10(16)12(13-11(14)17)6-4-2-1-3-5-7-12/h15H,1-9H2,(H,13,17). The fourth-order valence-electron chi connectivity index (χ4n) is 2.83. The zero-order valence-electron chi connectivity index (χ0n) is 10.1. The predicted octanol–water partition coefficient (Wildman–Crippen LogP) is 1.01. The average Bonchev–Trinajstić information content (AvgIpc) is 2.50. The lowest BCUT2D eigenvalue weighted by atomic mass is 9.84. The summed E-state index contributed by atoms with van der Waals surface area (Å²) in [7, 11) is 0. The van der Waals surface area contributed by atoms with Gasteiger partial charge in [0, 0.05) is 0 Å². The maximum atomic E-state index is 12.3. The van der Waals surface area contributed by atoms with Gasteiger partial charge in [-0.1, -0.05) is 32.1 Å². The normalized spacial score (nSPS) is 24.6. The highest BCUT2D eigenvalue weighted by Gasteiger charge is 2.49. The van der Waals surface area contributed by atoms with Crippen LogP contribution in [0, 0.1) is 0 Å². The molecule has 2 N–H and O–H groups in total. The third-order valence-corrected chi connectivity index (χ3v) is 3.78. The van der Waals surface area contributed by atoms with Crippen LogP contribution >= 0.6 is 0 Å². The van der Waals surface area contributed by atoms with E-state index in [-0.39, 0.29) is 25.1 Å². The Kier molecular flexibility index (Phi) is 3.66. The summed E-state index contributed by atoms with van der Waals surface area (Å²) >= 11 is 0. The van der Waals surface area contributed by atoms with E-state index >= 15 is 0 Å². The van der Waals surface area contributed by atoms with Crippen LogP contribution in [0.1, 0.15) is 44.9 Å². The molecule has 2 rings (SSSR count). The maximum absolute atomic E-state index is 12.3. The molecule has 17 heavy (non-hydrogen) atoms. The third-order valence-electron chi connectivity index (χ3n) is 3.78. The van der Waals surface area contributed by atoms with Gasteiger partial charge in [-0.15, -0.1) is 0 Å². The third kappa shape index (κ3) is 2.29. The molecular weight excluding hydrogens is 220 g/mol. The molecule has 1 heterocycles. The largest absolute Gasteiger partial charge is 0.395 e. The Balaban J connectivity index is 2.13. The van der Waals surface area contributed by atoms with Gasteiger partial charge in [0.25, 0.3) is 5.91 Å². The maximum Gasteiger partial charge on any atom is 0.325 e. The van der Waals surface area contributed by atoms with E-state index in [0.717, 1.165) is 43.4 Å². The number of carbonyl (C=O) groups is 2. The lowest BCUT2D eigenvalue weighted by Gasteiger charge is -2.28. The molecule has 0 atom stereocenters. The first-order valence-corrected chi connectivity index (χ1v) is 6.45. The lowest BCUT2D eigenvalue weighted by molar-refractivity contribution is -0.132. The van der Waals surface area contributed by atoms with Crippen LogP contribution in [0.4, 0.5) is 4.79 Å². The van der Waals surface area contributed by atoms with E-state index in [4.69, 9.17) is 5.11 Å². The van der Waals surface area contributed by atoms with Crippen molar-refractivity contribution in [2.75, 3.05) is 13.2 Å². The minimum atomic E-state index is -0.674. The van der Waals surface area contributed by atoms with Crippen molar-refractivity contribution in [1.29, 1.82) is 0 Å². The van der Waals surface area contributed by atoms with E-state index < -0.39 is 5.54 Å². The van der Waals surface area contributed by atoms with E-state index in [0.29, 0.717) is 0 Å². The Morgan fingerprint density at radius 3 is 2.29 bits per heavy atom. The van der Waals surface area contributed by atoms with E-state index in [2.05, 4.69) is 5.32 Å². The van der Waals surface area contributed by atoms with Gasteiger partial charge < -0.3 is 10.4 Å². The van der Waals surface area contributed by atoms with Crippen molar-refractivity contribution in [3.05, 3.63) is 0 Å². The van der Waals surface area contributed by atoms with Gasteiger partial charge in [0.1, 0.15) is 5.54 Å². The van der Waals surface area contributed by atoms with Crippen molar-refractivity contribution in [3.8, 4) is 0 Å². The molecule has 96 valence electrons. The van der Waals surface area contributed by atoms with Gasteiger partial charge in [-0.25, -0.2) is 4.79 Å². The van der Waals surface area contributed by atoms with Gasteiger partial charge in [0.15, 0.2) is 0 Å². The van der Waals surface area contributed by atoms with E-state index in [1.807, 2.05) is 0 Å². The molecule has 1 spiro atoms. The zero-order valence-corrected chi connectivity index (χ0v) is 10.1. The van der Waals surface area contributed by atoms with Crippen molar-refractivity contribution in [3.63, 3.8) is 0 Å². The predicted molar refractivity (Wildman–Crippen MR) is 62.4 cm³/mol. The van der Waals surface area contributed by atoms with E-state index in [1.54, 1.807) is 0 Å². The number of amides is 3. The van der Waals surface area contributed by atoms with Crippen LogP contribution in [0.25, 0.3) is 0 Å². The Bertz CT molecular complexity index is 309. The summed E-state index contributed by atoms with van der Waals surface area (Å²) in [6.45, 7) is -0.0678. The SMILES string of the molecule is O=C1NC2(CCCCCCC2)C(=O)N1CCO. The number of carbonyl (C=O) groups excluding carboxylic acids is 2. The number of aliphatic hydroxyl groups excluding tert-OH is 1. The number of urea groups is 1. The molecule has 1 saturated heterocycles. The Morgan fingerprint density at radius 2 is 1.71 bits per heavy atom. The van der Waals surface area contributed by atoms with Crippen LogP contribution in [0.2, 0.25) is 0 Å². The highest BCUT2D eigenvalue weighted by Crippen LogP contribution is 2.31. The topological polar surface area (TPSA) is 69.6 Å². The zero-order chi connectivity index (χ0) is 12.3. The monoisotopic (exact) mass is 240 g/mol. The summed E-state index contributed by atoms with van der Waals surface area (Å²) < 4.78 is 0. The first-order chi connectivity index (χ1) is 8.19. The number of nitrogens with zero attached hydrogens (tertiary/aromatic N) is 1. The number of aliphatic hydroxyl groups is 1. The van der Waals surface area contributed by atoms with Gasteiger partial charge in [-0.2, -0.15) is 0 Å². The van der Waals surface area contributed by atoms with Crippen molar-refractivity contribution in [2.45, 2.75) is 50.5 Å². The number of hydrogen-bond acceptors (Lipinski definition) is 3. The molecule has 0 aromatic heterocycles. The van der Waals surface area contributed by atoms with Crippen LogP contribution in [-0.2, 0) is 4.79 Å². The molecule has 1 aliphatic carbocycles. The van der Waals surface area contributed by atoms with Crippen LogP contribution in [0.15, 0.2) is 0 Å². The second kappa shape index (κ2) is 5.04. The van der Waals surface area contributed by atoms with Crippen molar-refractivity contribution < 1.29 is 14.7 Å². The van der Waals surface area contributed by atoms with Gasteiger partial charge in [-0.3, -0.25) is 9.69 Å². The Hall–Kier alpha value is -1.10. The first kappa shape index (κ1) is 12.4. The second-order valence-corrected chi connectivity index (χ2v) is 4.96. The average molecular weight is 240 g/mol. The molecule has 5 nitrogen and oxygen atoms in total. The summed E-state index contributed by atoms with van der Waals surface area (Å²) in [5.41, 5.74) is -0.674. The molecule has 0 aromatic carbocycles. The summed E-state index contributed by atoms with van der Waals surface area (Å²) in [6, 6.07) is -0.343. The minimum Gasteiger partial charge on any atom is -0.395 e. The molecule has 3 amide bonds. The smallest absolute Gasteiger partial charge is 0.325 e. The molecule has 1 saturated carbocycles. The number of hydrogen-bond donors (Lipinski definition) is 2. The number of nitrogens with one attached hydrogen (secondary N) is 1. The number of rotatable bonds is 2. The van der Waals surface area contributed by atoms with Gasteiger partial charge in [0.05, 0.1) is 13.2 Å². The molecule has 0 unspecified atom stereocenters. The molecular formula is C12H20N2O3. The summed E-state index contributed by atoms with van der Waals surface area (Å²) in [4.78, 5) is 25.2. The van der Waals surface area contributed by atoms with Crippen molar-refractivity contribution in [1.82, 2.24) is 10.2 Å². The van der Waals surface area contributed by atoms with E-state index in [1.165, 1.54) is 6.42 Å². The molecule has 0 bridgehead atoms. The van der Waals surface area contributed by atoms with E-state index in [9.17, 15) is 9.59 Å². The van der Waals surface area contributed by atoms with Crippen LogP contribution in [0.3, 0.4) is 0 Å². The first-order valence-electron chi connectivity index (χ1n) is 6.45. The Morgan fingerprint density at radius 1 is 1.12 bits per heavy atom. The molecule has 2 aliphatic rings. The molecule has 1 aliphatic heterocycles. The summed E-state index contributed by atoms with van der Waals surface area (Å²) in [6.07, 6.45) is 6.92. The Labute approximate surface area is 101 Å². The van der Waals surface area contributed by atoms with Crippen molar-refractivity contribution >= 4 is 11.9 Å². The summed E-state index contributed by atoms with van der Waals surface area (Å²) in [5.74, 6) is -0.140. The summed E-state index contributed by atoms with van der Waals surface area (Å²) in [5, 5.41) is 11.7. The van der Waals surface area contributed by atoms with Gasteiger partial charge in [0.2, 0.25) is 0 Å². The number of imide groups is 1. The second-order valence-electron chi connectivity index (χ2n) is 4.96. The van der Waals surface area contributed by atoms with Crippen LogP contribution in [-0.4, -0.2) is 40.6 Å². The molecule has 5 heteroatoms. The highest BCUT2D eigenvalue weighted by molar-refractivity contribution is 6.07. The fourth-order valence-corrected chi connectivity index (χ4v) is 2.83. The molecule has 2 fully saturated rings. The highest BCUT2D eigenvalue weighted by atomic mass is 16.3. The van der Waals surface area contributed by atoms with Crippen LogP contribution < -0.4 is 5.32 Å². The quantitative estimate of drug-likeness (QED) is 0.708. The lowest BCUT2D eigenvalue weighted by Crippen LogP contribution is -2.47. The van der Waals surface area contributed by atoms with Gasteiger partial charge >= 0.3 is 6.03 Å². The fraction of sp³-hybridized carbons (Fsp3) is 0.833. The molecule has 0 radical (unpaired) electrons.